The molecule has 2 heterocycles. The molecule has 2 atom stereocenters. The van der Waals surface area contributed by atoms with Crippen molar-refractivity contribution < 1.29 is 9.84 Å². The number of benzene rings is 2. The zero-order valence-corrected chi connectivity index (χ0v) is 16.1. The Hall–Kier alpha value is -2.27. The normalized spacial score (nSPS) is 26.4. The average Bonchev–Trinajstić information content (AvgIpc) is 2.52. The first kappa shape index (κ1) is 17.2. The molecule has 1 saturated heterocycles. The molecule has 0 aromatic heterocycles. The van der Waals surface area contributed by atoms with Crippen LogP contribution >= 0.6 is 12.2 Å². The number of phenols is 1. The summed E-state index contributed by atoms with van der Waals surface area (Å²) in [6.45, 7) is 6.35. The van der Waals surface area contributed by atoms with Crippen LogP contribution in [0.2, 0.25) is 0 Å². The smallest absolute Gasteiger partial charge is 0.185 e. The third-order valence-electron chi connectivity index (χ3n) is 5.21. The first-order valence-electron chi connectivity index (χ1n) is 8.94. The first-order chi connectivity index (χ1) is 12.3. The van der Waals surface area contributed by atoms with E-state index in [-0.39, 0.29) is 17.2 Å². The highest BCUT2D eigenvalue weighted by Crippen LogP contribution is 2.47. The lowest BCUT2D eigenvalue weighted by Gasteiger charge is -2.50. The predicted octanol–water partition coefficient (Wildman–Crippen LogP) is 3.96. The molecule has 1 spiro atoms. The van der Waals surface area contributed by atoms with Crippen LogP contribution in [-0.4, -0.2) is 21.5 Å². The fourth-order valence-corrected chi connectivity index (χ4v) is 4.68. The van der Waals surface area contributed by atoms with Crippen LogP contribution in [-0.2, 0) is 0 Å². The van der Waals surface area contributed by atoms with Gasteiger partial charge in [0.2, 0.25) is 0 Å². The largest absolute Gasteiger partial charge is 0.508 e. The number of phenolic OH excluding ortho intramolecular Hbond substituents is 1. The Bertz CT molecular complexity index is 863. The summed E-state index contributed by atoms with van der Waals surface area (Å²) < 4.78 is 6.42. The number of ether oxygens (including phenoxy) is 1. The Balaban J connectivity index is 1.81. The van der Waals surface area contributed by atoms with E-state index in [2.05, 4.69) is 55.7 Å². The molecule has 3 N–H and O–H groups in total. The topological polar surface area (TPSA) is 53.5 Å². The van der Waals surface area contributed by atoms with Gasteiger partial charge in [0.05, 0.1) is 0 Å². The SMILES string of the molecule is Cc1ccc(C2CC3(CC(C)(C)NC(=S)N3)Oc3cc(O)ccc32)cc1. The third-order valence-corrected chi connectivity index (χ3v) is 5.42. The Labute approximate surface area is 159 Å². The van der Waals surface area contributed by atoms with Gasteiger partial charge in [-0.2, -0.15) is 0 Å². The summed E-state index contributed by atoms with van der Waals surface area (Å²) in [6, 6.07) is 14.0. The van der Waals surface area contributed by atoms with Crippen molar-refractivity contribution >= 4 is 17.3 Å². The molecule has 136 valence electrons. The van der Waals surface area contributed by atoms with Gasteiger partial charge in [0.15, 0.2) is 10.8 Å². The lowest BCUT2D eigenvalue weighted by atomic mass is 9.77. The van der Waals surface area contributed by atoms with Crippen molar-refractivity contribution in [2.24, 2.45) is 0 Å². The standard InChI is InChI=1S/C21H24N2O2S/c1-13-4-6-14(7-5-13)17-11-21(12-20(2,3)22-19(26)23-21)25-18-10-15(24)8-9-16(17)18/h4-10,17,24H,11-12H2,1-3H3,(H2,22,23,26). The number of nitrogens with one attached hydrogen (secondary N) is 2. The number of aryl methyl sites for hydroxylation is 1. The minimum Gasteiger partial charge on any atom is -0.508 e. The zero-order valence-electron chi connectivity index (χ0n) is 15.3. The van der Waals surface area contributed by atoms with E-state index in [0.29, 0.717) is 5.11 Å². The molecule has 26 heavy (non-hydrogen) atoms. The summed E-state index contributed by atoms with van der Waals surface area (Å²) in [5, 5.41) is 17.3. The highest BCUT2D eigenvalue weighted by atomic mass is 32.1. The van der Waals surface area contributed by atoms with E-state index in [1.165, 1.54) is 11.1 Å². The number of fused-ring (bicyclic) bond motifs is 1. The van der Waals surface area contributed by atoms with Crippen molar-refractivity contribution in [3.05, 3.63) is 59.2 Å². The molecule has 1 fully saturated rings. The van der Waals surface area contributed by atoms with Gasteiger partial charge in [0.25, 0.3) is 0 Å². The maximum Gasteiger partial charge on any atom is 0.185 e. The second-order valence-corrected chi connectivity index (χ2v) is 8.53. The van der Waals surface area contributed by atoms with E-state index in [4.69, 9.17) is 17.0 Å². The van der Waals surface area contributed by atoms with E-state index in [0.717, 1.165) is 24.2 Å². The highest BCUT2D eigenvalue weighted by Gasteiger charge is 2.48. The molecule has 0 amide bonds. The zero-order chi connectivity index (χ0) is 18.5. The van der Waals surface area contributed by atoms with Gasteiger partial charge in [0, 0.05) is 35.9 Å². The number of thiocarbonyl (C=S) groups is 1. The van der Waals surface area contributed by atoms with Gasteiger partial charge >= 0.3 is 0 Å². The average molecular weight is 369 g/mol. The molecule has 2 aliphatic rings. The molecular formula is C21H24N2O2S. The molecule has 0 saturated carbocycles. The number of hydrogen-bond acceptors (Lipinski definition) is 3. The molecule has 5 heteroatoms. The van der Waals surface area contributed by atoms with E-state index < -0.39 is 5.72 Å². The summed E-state index contributed by atoms with van der Waals surface area (Å²) in [5.41, 5.74) is 2.82. The minimum atomic E-state index is -0.595. The Morgan fingerprint density at radius 2 is 1.85 bits per heavy atom. The second-order valence-electron chi connectivity index (χ2n) is 8.13. The predicted molar refractivity (Wildman–Crippen MR) is 107 cm³/mol. The Morgan fingerprint density at radius 1 is 1.12 bits per heavy atom. The summed E-state index contributed by atoms with van der Waals surface area (Å²) in [6.07, 6.45) is 1.54. The van der Waals surface area contributed by atoms with Gasteiger partial charge in [-0.3, -0.25) is 0 Å². The maximum atomic E-state index is 9.98. The van der Waals surface area contributed by atoms with Crippen molar-refractivity contribution in [1.82, 2.24) is 10.6 Å². The van der Waals surface area contributed by atoms with Gasteiger partial charge < -0.3 is 20.5 Å². The molecule has 2 aromatic rings. The summed E-state index contributed by atoms with van der Waals surface area (Å²) in [4.78, 5) is 0. The molecule has 2 unspecified atom stereocenters. The van der Waals surface area contributed by atoms with Crippen molar-refractivity contribution in [1.29, 1.82) is 0 Å². The van der Waals surface area contributed by atoms with Crippen molar-refractivity contribution in [3.63, 3.8) is 0 Å². The fraction of sp³-hybridized carbons (Fsp3) is 0.381. The Morgan fingerprint density at radius 3 is 2.54 bits per heavy atom. The summed E-state index contributed by atoms with van der Waals surface area (Å²) >= 11 is 5.45. The van der Waals surface area contributed by atoms with E-state index in [1.807, 2.05) is 6.07 Å². The fourth-order valence-electron chi connectivity index (χ4n) is 4.22. The lowest BCUT2D eigenvalue weighted by molar-refractivity contribution is -0.0128. The van der Waals surface area contributed by atoms with Crippen LogP contribution in [0.25, 0.3) is 0 Å². The van der Waals surface area contributed by atoms with Crippen LogP contribution in [0.4, 0.5) is 0 Å². The number of rotatable bonds is 1. The van der Waals surface area contributed by atoms with E-state index in [9.17, 15) is 5.11 Å². The molecule has 4 rings (SSSR count). The minimum absolute atomic E-state index is 0.171. The van der Waals surface area contributed by atoms with Crippen LogP contribution in [0.1, 0.15) is 49.3 Å². The van der Waals surface area contributed by atoms with Crippen molar-refractivity contribution in [3.8, 4) is 11.5 Å². The van der Waals surface area contributed by atoms with Crippen LogP contribution < -0.4 is 15.4 Å². The van der Waals surface area contributed by atoms with Gasteiger partial charge in [0.1, 0.15) is 11.5 Å². The molecule has 2 aromatic carbocycles. The van der Waals surface area contributed by atoms with Gasteiger partial charge in [-0.15, -0.1) is 0 Å². The molecule has 2 aliphatic heterocycles. The number of hydrogen-bond donors (Lipinski definition) is 3. The molecular weight excluding hydrogens is 344 g/mol. The van der Waals surface area contributed by atoms with Crippen LogP contribution in [0.15, 0.2) is 42.5 Å². The molecule has 0 radical (unpaired) electrons. The van der Waals surface area contributed by atoms with Crippen LogP contribution in [0.3, 0.4) is 0 Å². The van der Waals surface area contributed by atoms with Crippen molar-refractivity contribution in [2.75, 3.05) is 0 Å². The van der Waals surface area contributed by atoms with E-state index in [1.54, 1.807) is 12.1 Å². The highest BCUT2D eigenvalue weighted by molar-refractivity contribution is 7.80. The maximum absolute atomic E-state index is 9.98. The second kappa shape index (κ2) is 5.88. The van der Waals surface area contributed by atoms with Crippen LogP contribution in [0, 0.1) is 6.92 Å². The van der Waals surface area contributed by atoms with Gasteiger partial charge in [-0.1, -0.05) is 35.9 Å². The summed E-state index contributed by atoms with van der Waals surface area (Å²) in [7, 11) is 0. The lowest BCUT2D eigenvalue weighted by Crippen LogP contribution is -2.69. The van der Waals surface area contributed by atoms with E-state index >= 15 is 0 Å². The first-order valence-corrected chi connectivity index (χ1v) is 9.35. The van der Waals surface area contributed by atoms with Gasteiger partial charge in [-0.25, -0.2) is 0 Å². The third kappa shape index (κ3) is 3.12. The van der Waals surface area contributed by atoms with Crippen LogP contribution in [0.5, 0.6) is 11.5 Å². The molecule has 0 bridgehead atoms. The molecule has 4 nitrogen and oxygen atoms in total. The van der Waals surface area contributed by atoms with Gasteiger partial charge in [-0.05, 0) is 44.6 Å². The monoisotopic (exact) mass is 368 g/mol. The van der Waals surface area contributed by atoms with Crippen molar-refractivity contribution in [2.45, 2.75) is 50.8 Å². The summed E-state index contributed by atoms with van der Waals surface area (Å²) in [5.74, 6) is 1.10. The Kier molecular flexibility index (Phi) is 3.88. The molecule has 0 aliphatic carbocycles. The number of aromatic hydroxyl groups is 1. The quantitative estimate of drug-likeness (QED) is 0.665.